The van der Waals surface area contributed by atoms with Crippen LogP contribution in [-0.2, 0) is 4.79 Å². The molecule has 1 atom stereocenters. The van der Waals surface area contributed by atoms with Crippen LogP contribution < -0.4 is 5.32 Å². The molecular formula is C22H25N7O. The van der Waals surface area contributed by atoms with Crippen LogP contribution in [0, 0.1) is 13.8 Å². The van der Waals surface area contributed by atoms with Gasteiger partial charge in [0, 0.05) is 36.8 Å². The van der Waals surface area contributed by atoms with E-state index < -0.39 is 0 Å². The lowest BCUT2D eigenvalue weighted by molar-refractivity contribution is -0.127. The monoisotopic (exact) mass is 403 g/mol. The average Bonchev–Trinajstić information content (AvgIpc) is 3.25. The Labute approximate surface area is 175 Å². The van der Waals surface area contributed by atoms with Crippen molar-refractivity contribution < 1.29 is 4.79 Å². The van der Waals surface area contributed by atoms with E-state index in [4.69, 9.17) is 0 Å². The Balaban J connectivity index is 1.47. The van der Waals surface area contributed by atoms with Crippen molar-refractivity contribution in [3.05, 3.63) is 65.8 Å². The third-order valence-corrected chi connectivity index (χ3v) is 5.08. The topological polar surface area (TPSA) is 99.7 Å². The number of H-pyrrole nitrogens is 1. The van der Waals surface area contributed by atoms with Gasteiger partial charge in [-0.15, -0.1) is 0 Å². The maximum atomic E-state index is 12.6. The molecule has 8 heteroatoms. The predicted molar refractivity (Wildman–Crippen MR) is 115 cm³/mol. The SMILES string of the molecule is Cc1cccc(Nc2cc([C@H]3CCCN(C(=O)/C=C/c4cnc[nH]4)C3)nc(C)n2)n1. The lowest BCUT2D eigenvalue weighted by atomic mass is 9.94. The third kappa shape index (κ3) is 4.89. The first-order chi connectivity index (χ1) is 14.6. The van der Waals surface area contributed by atoms with Crippen molar-refractivity contribution >= 4 is 23.6 Å². The first kappa shape index (κ1) is 19.8. The van der Waals surface area contributed by atoms with Gasteiger partial charge in [-0.3, -0.25) is 4.79 Å². The van der Waals surface area contributed by atoms with Crippen molar-refractivity contribution in [1.82, 2.24) is 29.8 Å². The van der Waals surface area contributed by atoms with E-state index in [9.17, 15) is 4.79 Å². The van der Waals surface area contributed by atoms with Gasteiger partial charge in [-0.1, -0.05) is 6.07 Å². The predicted octanol–water partition coefficient (Wildman–Crippen LogP) is 3.37. The van der Waals surface area contributed by atoms with E-state index in [0.717, 1.165) is 48.1 Å². The number of likely N-dealkylation sites (tertiary alicyclic amines) is 1. The summed E-state index contributed by atoms with van der Waals surface area (Å²) in [5.41, 5.74) is 2.70. The molecule has 3 aromatic heterocycles. The molecule has 0 bridgehead atoms. The summed E-state index contributed by atoms with van der Waals surface area (Å²) < 4.78 is 0. The molecule has 154 valence electrons. The minimum atomic E-state index is 0.00221. The minimum Gasteiger partial charge on any atom is -0.345 e. The van der Waals surface area contributed by atoms with Gasteiger partial charge in [0.15, 0.2) is 0 Å². The molecule has 0 radical (unpaired) electrons. The standard InChI is InChI=1S/C22H25N7O/c1-15-5-3-7-20(25-15)28-21-11-19(26-16(2)27-21)17-6-4-10-29(13-17)22(30)9-8-18-12-23-14-24-18/h3,5,7-9,11-12,14,17H,4,6,10,13H2,1-2H3,(H,23,24)(H,25,26,27,28)/b9-8+/t17-/m0/s1. The zero-order valence-electron chi connectivity index (χ0n) is 17.2. The van der Waals surface area contributed by atoms with Crippen molar-refractivity contribution in [3.8, 4) is 0 Å². The van der Waals surface area contributed by atoms with Crippen LogP contribution >= 0.6 is 0 Å². The lowest BCUT2D eigenvalue weighted by Gasteiger charge is -2.32. The number of hydrogen-bond donors (Lipinski definition) is 2. The second-order valence-electron chi connectivity index (χ2n) is 7.48. The van der Waals surface area contributed by atoms with Crippen molar-refractivity contribution in [2.45, 2.75) is 32.6 Å². The van der Waals surface area contributed by atoms with Gasteiger partial charge in [-0.25, -0.2) is 19.9 Å². The number of amides is 1. The highest BCUT2D eigenvalue weighted by Crippen LogP contribution is 2.27. The molecule has 1 saturated heterocycles. The minimum absolute atomic E-state index is 0.00221. The summed E-state index contributed by atoms with van der Waals surface area (Å²) in [7, 11) is 0. The second kappa shape index (κ2) is 8.86. The molecule has 1 aliphatic heterocycles. The van der Waals surface area contributed by atoms with Crippen LogP contribution in [0.2, 0.25) is 0 Å². The summed E-state index contributed by atoms with van der Waals surface area (Å²) in [5, 5.41) is 3.27. The number of anilines is 2. The van der Waals surface area contributed by atoms with E-state index in [-0.39, 0.29) is 11.8 Å². The van der Waals surface area contributed by atoms with E-state index in [1.54, 1.807) is 24.7 Å². The van der Waals surface area contributed by atoms with Gasteiger partial charge < -0.3 is 15.2 Å². The number of aryl methyl sites for hydroxylation is 2. The Bertz CT molecular complexity index is 1050. The largest absolute Gasteiger partial charge is 0.345 e. The van der Waals surface area contributed by atoms with Gasteiger partial charge >= 0.3 is 0 Å². The molecule has 1 amide bonds. The van der Waals surface area contributed by atoms with E-state index >= 15 is 0 Å². The Kier molecular flexibility index (Phi) is 5.83. The van der Waals surface area contributed by atoms with Crippen molar-refractivity contribution in [2.75, 3.05) is 18.4 Å². The molecule has 4 rings (SSSR count). The van der Waals surface area contributed by atoms with Crippen LogP contribution in [0.4, 0.5) is 11.6 Å². The lowest BCUT2D eigenvalue weighted by Crippen LogP contribution is -2.38. The first-order valence-corrected chi connectivity index (χ1v) is 10.1. The van der Waals surface area contributed by atoms with E-state index in [0.29, 0.717) is 12.4 Å². The molecule has 0 aliphatic carbocycles. The summed E-state index contributed by atoms with van der Waals surface area (Å²) in [6.07, 6.45) is 8.56. The molecule has 0 spiro atoms. The zero-order valence-corrected chi connectivity index (χ0v) is 17.2. The fourth-order valence-corrected chi connectivity index (χ4v) is 3.65. The highest BCUT2D eigenvalue weighted by Gasteiger charge is 2.25. The Hall–Kier alpha value is -3.55. The van der Waals surface area contributed by atoms with Crippen LogP contribution in [0.5, 0.6) is 0 Å². The van der Waals surface area contributed by atoms with Gasteiger partial charge in [0.25, 0.3) is 0 Å². The Morgan fingerprint density at radius 3 is 2.93 bits per heavy atom. The van der Waals surface area contributed by atoms with Crippen LogP contribution in [-0.4, -0.2) is 48.8 Å². The normalized spacial score (nSPS) is 16.7. The molecule has 0 saturated carbocycles. The fourth-order valence-electron chi connectivity index (χ4n) is 3.65. The molecule has 4 heterocycles. The number of nitrogens with zero attached hydrogens (tertiary/aromatic N) is 5. The van der Waals surface area contributed by atoms with Crippen molar-refractivity contribution in [1.29, 1.82) is 0 Å². The smallest absolute Gasteiger partial charge is 0.246 e. The summed E-state index contributed by atoms with van der Waals surface area (Å²) in [6, 6.07) is 7.80. The summed E-state index contributed by atoms with van der Waals surface area (Å²) in [5.74, 6) is 2.35. The first-order valence-electron chi connectivity index (χ1n) is 10.1. The maximum Gasteiger partial charge on any atom is 0.246 e. The summed E-state index contributed by atoms with van der Waals surface area (Å²) in [4.78, 5) is 35.1. The van der Waals surface area contributed by atoms with E-state index in [1.165, 1.54) is 0 Å². The number of aromatic amines is 1. The molecule has 30 heavy (non-hydrogen) atoms. The number of piperidine rings is 1. The van der Waals surface area contributed by atoms with Crippen molar-refractivity contribution in [2.24, 2.45) is 0 Å². The molecule has 1 fully saturated rings. The van der Waals surface area contributed by atoms with Gasteiger partial charge in [-0.2, -0.15) is 0 Å². The molecular weight excluding hydrogens is 378 g/mol. The molecule has 1 aliphatic rings. The molecule has 0 aromatic carbocycles. The second-order valence-corrected chi connectivity index (χ2v) is 7.48. The van der Waals surface area contributed by atoms with Gasteiger partial charge in [0.2, 0.25) is 5.91 Å². The number of hydrogen-bond acceptors (Lipinski definition) is 6. The highest BCUT2D eigenvalue weighted by molar-refractivity contribution is 5.91. The van der Waals surface area contributed by atoms with Crippen LogP contribution in [0.3, 0.4) is 0 Å². The van der Waals surface area contributed by atoms with Gasteiger partial charge in [-0.05, 0) is 44.9 Å². The van der Waals surface area contributed by atoms with Gasteiger partial charge in [0.1, 0.15) is 17.5 Å². The summed E-state index contributed by atoms with van der Waals surface area (Å²) >= 11 is 0. The van der Waals surface area contributed by atoms with Crippen LogP contribution in [0.15, 0.2) is 42.9 Å². The Morgan fingerprint density at radius 2 is 2.13 bits per heavy atom. The average molecular weight is 403 g/mol. The maximum absolute atomic E-state index is 12.6. The van der Waals surface area contributed by atoms with Crippen molar-refractivity contribution in [3.63, 3.8) is 0 Å². The van der Waals surface area contributed by atoms with Crippen LogP contribution in [0.1, 0.15) is 41.7 Å². The molecule has 0 unspecified atom stereocenters. The van der Waals surface area contributed by atoms with E-state index in [2.05, 4.69) is 30.2 Å². The number of imidazole rings is 1. The number of aromatic nitrogens is 5. The number of carbonyl (C=O) groups excluding carboxylic acids is 1. The summed E-state index contributed by atoms with van der Waals surface area (Å²) in [6.45, 7) is 5.24. The quantitative estimate of drug-likeness (QED) is 0.634. The highest BCUT2D eigenvalue weighted by atomic mass is 16.2. The number of pyridine rings is 1. The molecule has 2 N–H and O–H groups in total. The van der Waals surface area contributed by atoms with Crippen LogP contribution in [0.25, 0.3) is 6.08 Å². The number of rotatable bonds is 5. The molecule has 3 aromatic rings. The van der Waals surface area contributed by atoms with Gasteiger partial charge in [0.05, 0.1) is 23.9 Å². The third-order valence-electron chi connectivity index (χ3n) is 5.08. The fraction of sp³-hybridized carbons (Fsp3) is 0.318. The zero-order chi connectivity index (χ0) is 20.9. The molecule has 8 nitrogen and oxygen atoms in total. The number of nitrogens with one attached hydrogen (secondary N) is 2. The Morgan fingerprint density at radius 1 is 1.23 bits per heavy atom. The van der Waals surface area contributed by atoms with E-state index in [1.807, 2.05) is 43.0 Å². The number of carbonyl (C=O) groups is 1.